The van der Waals surface area contributed by atoms with Gasteiger partial charge in [0, 0.05) is 13.0 Å². The molecule has 1 aliphatic heterocycles. The number of rotatable bonds is 4. The lowest BCUT2D eigenvalue weighted by atomic mass is 10.0. The van der Waals surface area contributed by atoms with Crippen LogP contribution in [-0.4, -0.2) is 49.7 Å². The first kappa shape index (κ1) is 14.3. The molecule has 19 heavy (non-hydrogen) atoms. The van der Waals surface area contributed by atoms with Crippen LogP contribution in [0.2, 0.25) is 0 Å². The predicted octanol–water partition coefficient (Wildman–Crippen LogP) is 1.36. The molecule has 2 aliphatic rings. The fourth-order valence-corrected chi connectivity index (χ4v) is 3.00. The van der Waals surface area contributed by atoms with E-state index in [-0.39, 0.29) is 18.5 Å². The van der Waals surface area contributed by atoms with E-state index >= 15 is 0 Å². The molecule has 2 fully saturated rings. The highest BCUT2D eigenvalue weighted by molar-refractivity contribution is 5.84. The first-order valence-electron chi connectivity index (χ1n) is 7.17. The number of morpholine rings is 1. The zero-order valence-corrected chi connectivity index (χ0v) is 11.6. The zero-order valence-electron chi connectivity index (χ0n) is 11.6. The molecule has 0 bridgehead atoms. The molecule has 1 unspecified atom stereocenters. The van der Waals surface area contributed by atoms with Gasteiger partial charge in [0.2, 0.25) is 5.91 Å². The Bertz CT molecular complexity index is 325. The molecular formula is C14H23NO4. The summed E-state index contributed by atoms with van der Waals surface area (Å²) in [6, 6.07) is -0.560. The lowest BCUT2D eigenvalue weighted by Crippen LogP contribution is -2.53. The van der Waals surface area contributed by atoms with Gasteiger partial charge in [-0.1, -0.05) is 25.7 Å². The van der Waals surface area contributed by atoms with Crippen molar-refractivity contribution in [3.8, 4) is 0 Å². The molecule has 0 aromatic heterocycles. The number of hydrogen-bond donors (Lipinski definition) is 0. The number of hydrogen-bond acceptors (Lipinski definition) is 4. The van der Waals surface area contributed by atoms with Gasteiger partial charge in [-0.15, -0.1) is 0 Å². The highest BCUT2D eigenvalue weighted by Crippen LogP contribution is 2.29. The number of carbonyl (C=O) groups excluding carboxylic acids is 2. The van der Waals surface area contributed by atoms with E-state index in [1.165, 1.54) is 32.8 Å². The van der Waals surface area contributed by atoms with Crippen LogP contribution >= 0.6 is 0 Å². The summed E-state index contributed by atoms with van der Waals surface area (Å²) in [7, 11) is 1.35. The van der Waals surface area contributed by atoms with Crippen molar-refractivity contribution in [2.75, 3.05) is 26.9 Å². The summed E-state index contributed by atoms with van der Waals surface area (Å²) < 4.78 is 10.0. The van der Waals surface area contributed by atoms with Crippen molar-refractivity contribution in [1.29, 1.82) is 0 Å². The first-order valence-corrected chi connectivity index (χ1v) is 7.17. The van der Waals surface area contributed by atoms with E-state index in [0.29, 0.717) is 25.5 Å². The normalized spacial score (nSPS) is 24.5. The predicted molar refractivity (Wildman–Crippen MR) is 69.5 cm³/mol. The summed E-state index contributed by atoms with van der Waals surface area (Å²) in [6.45, 7) is 1.24. The van der Waals surface area contributed by atoms with Crippen molar-refractivity contribution >= 4 is 11.9 Å². The third-order valence-electron chi connectivity index (χ3n) is 4.16. The minimum absolute atomic E-state index is 0.0607. The summed E-state index contributed by atoms with van der Waals surface area (Å²) in [5.41, 5.74) is 0. The molecule has 0 N–H and O–H groups in total. The summed E-state index contributed by atoms with van der Waals surface area (Å²) in [5, 5.41) is 0. The van der Waals surface area contributed by atoms with Crippen LogP contribution in [0.1, 0.15) is 38.5 Å². The third kappa shape index (κ3) is 3.69. The molecule has 0 aromatic rings. The van der Waals surface area contributed by atoms with E-state index in [1.807, 2.05) is 0 Å². The van der Waals surface area contributed by atoms with Crippen molar-refractivity contribution in [3.05, 3.63) is 0 Å². The lowest BCUT2D eigenvalue weighted by molar-refractivity contribution is -0.160. The van der Waals surface area contributed by atoms with E-state index in [1.54, 1.807) is 4.90 Å². The Morgan fingerprint density at radius 1 is 1.32 bits per heavy atom. The van der Waals surface area contributed by atoms with Crippen molar-refractivity contribution in [3.63, 3.8) is 0 Å². The van der Waals surface area contributed by atoms with Crippen LogP contribution in [0.25, 0.3) is 0 Å². The number of esters is 1. The molecule has 2 rings (SSSR count). The van der Waals surface area contributed by atoms with Gasteiger partial charge in [-0.05, 0) is 12.3 Å². The Kier molecular flexibility index (Phi) is 5.19. The Hall–Kier alpha value is -1.10. The molecule has 0 aromatic carbocycles. The topological polar surface area (TPSA) is 55.8 Å². The second-order valence-corrected chi connectivity index (χ2v) is 5.39. The smallest absolute Gasteiger partial charge is 0.331 e. The van der Waals surface area contributed by atoms with Gasteiger partial charge in [0.05, 0.1) is 20.3 Å². The third-order valence-corrected chi connectivity index (χ3v) is 4.16. The standard InChI is InChI=1S/C14H23NO4/c1-18-14(17)12-10-19-9-8-15(12)13(16)7-6-11-4-2-3-5-11/h11-12H,2-10H2,1H3. The molecular weight excluding hydrogens is 246 g/mol. The lowest BCUT2D eigenvalue weighted by Gasteiger charge is -2.33. The van der Waals surface area contributed by atoms with Gasteiger partial charge in [0.1, 0.15) is 0 Å². The maximum absolute atomic E-state index is 12.2. The number of nitrogens with zero attached hydrogens (tertiary/aromatic N) is 1. The van der Waals surface area contributed by atoms with E-state index in [0.717, 1.165) is 6.42 Å². The van der Waals surface area contributed by atoms with Gasteiger partial charge in [-0.2, -0.15) is 0 Å². The molecule has 0 radical (unpaired) electrons. The molecule has 108 valence electrons. The molecule has 1 aliphatic carbocycles. The Morgan fingerprint density at radius 2 is 2.05 bits per heavy atom. The molecule has 1 saturated carbocycles. The summed E-state index contributed by atoms with van der Waals surface area (Å²) in [4.78, 5) is 25.5. The van der Waals surface area contributed by atoms with Crippen LogP contribution in [0.5, 0.6) is 0 Å². The van der Waals surface area contributed by atoms with E-state index in [2.05, 4.69) is 0 Å². The highest BCUT2D eigenvalue weighted by Gasteiger charge is 2.33. The van der Waals surface area contributed by atoms with Gasteiger partial charge in [0.15, 0.2) is 6.04 Å². The van der Waals surface area contributed by atoms with Crippen molar-refractivity contribution in [1.82, 2.24) is 4.90 Å². The maximum Gasteiger partial charge on any atom is 0.331 e. The fourth-order valence-electron chi connectivity index (χ4n) is 3.00. The Labute approximate surface area is 114 Å². The number of carbonyl (C=O) groups is 2. The molecule has 1 heterocycles. The first-order chi connectivity index (χ1) is 9.22. The Morgan fingerprint density at radius 3 is 2.74 bits per heavy atom. The second kappa shape index (κ2) is 6.89. The van der Waals surface area contributed by atoms with Crippen LogP contribution < -0.4 is 0 Å². The van der Waals surface area contributed by atoms with Gasteiger partial charge in [0.25, 0.3) is 0 Å². The monoisotopic (exact) mass is 269 g/mol. The van der Waals surface area contributed by atoms with Gasteiger partial charge in [-0.25, -0.2) is 4.79 Å². The molecule has 1 atom stereocenters. The van der Waals surface area contributed by atoms with Crippen molar-refractivity contribution in [2.24, 2.45) is 5.92 Å². The average molecular weight is 269 g/mol. The zero-order chi connectivity index (χ0) is 13.7. The van der Waals surface area contributed by atoms with Crippen LogP contribution in [0, 0.1) is 5.92 Å². The Balaban J connectivity index is 1.85. The highest BCUT2D eigenvalue weighted by atomic mass is 16.5. The van der Waals surface area contributed by atoms with Gasteiger partial charge < -0.3 is 14.4 Å². The van der Waals surface area contributed by atoms with Crippen LogP contribution in [-0.2, 0) is 19.1 Å². The quantitative estimate of drug-likeness (QED) is 0.723. The van der Waals surface area contributed by atoms with Crippen LogP contribution in [0.15, 0.2) is 0 Å². The number of amides is 1. The minimum atomic E-state index is -0.560. The van der Waals surface area contributed by atoms with Crippen molar-refractivity contribution in [2.45, 2.75) is 44.6 Å². The molecule has 5 nitrogen and oxygen atoms in total. The van der Waals surface area contributed by atoms with Crippen LogP contribution in [0.4, 0.5) is 0 Å². The molecule has 5 heteroatoms. The van der Waals surface area contributed by atoms with Gasteiger partial charge in [-0.3, -0.25) is 4.79 Å². The van der Waals surface area contributed by atoms with E-state index < -0.39 is 6.04 Å². The SMILES string of the molecule is COC(=O)C1COCCN1C(=O)CCC1CCCC1. The minimum Gasteiger partial charge on any atom is -0.467 e. The number of methoxy groups -OCH3 is 1. The molecule has 1 amide bonds. The summed E-state index contributed by atoms with van der Waals surface area (Å²) in [5.74, 6) is 0.376. The van der Waals surface area contributed by atoms with Gasteiger partial charge >= 0.3 is 5.97 Å². The fraction of sp³-hybridized carbons (Fsp3) is 0.857. The van der Waals surface area contributed by atoms with E-state index in [4.69, 9.17) is 9.47 Å². The molecule has 1 saturated heterocycles. The average Bonchev–Trinajstić information content (AvgIpc) is 2.97. The largest absolute Gasteiger partial charge is 0.467 e. The maximum atomic E-state index is 12.2. The molecule has 0 spiro atoms. The second-order valence-electron chi connectivity index (χ2n) is 5.39. The van der Waals surface area contributed by atoms with Crippen LogP contribution in [0.3, 0.4) is 0 Å². The summed E-state index contributed by atoms with van der Waals surface area (Å²) >= 11 is 0. The van der Waals surface area contributed by atoms with E-state index in [9.17, 15) is 9.59 Å². The number of ether oxygens (including phenoxy) is 2. The van der Waals surface area contributed by atoms with Crippen molar-refractivity contribution < 1.29 is 19.1 Å². The summed E-state index contributed by atoms with van der Waals surface area (Å²) in [6.07, 6.45) is 6.57.